The fraction of sp³-hybridized carbons (Fsp3) is 0.353. The molecule has 0 bridgehead atoms. The summed E-state index contributed by atoms with van der Waals surface area (Å²) in [6, 6.07) is 11.9. The lowest BCUT2D eigenvalue weighted by atomic mass is 9.80. The van der Waals surface area contributed by atoms with Gasteiger partial charge in [-0.25, -0.2) is 4.79 Å². The maximum atomic E-state index is 11.8. The number of fused-ring (bicyclic) bond motifs is 1. The molecular weight excluding hydrogens is 296 g/mol. The van der Waals surface area contributed by atoms with Crippen LogP contribution in [0.15, 0.2) is 41.8 Å². The summed E-state index contributed by atoms with van der Waals surface area (Å²) in [6.45, 7) is 0.794. The number of thiophene rings is 1. The van der Waals surface area contributed by atoms with Crippen LogP contribution in [-0.4, -0.2) is 23.3 Å². The minimum Gasteiger partial charge on any atom is -0.388 e. The number of nitrogens with one attached hydrogen (secondary N) is 2. The highest BCUT2D eigenvalue weighted by molar-refractivity contribution is 7.09. The highest BCUT2D eigenvalue weighted by atomic mass is 32.1. The molecule has 0 unspecified atom stereocenters. The molecule has 0 aliphatic heterocycles. The first-order valence-corrected chi connectivity index (χ1v) is 8.36. The van der Waals surface area contributed by atoms with Crippen molar-refractivity contribution in [1.82, 2.24) is 10.6 Å². The molecule has 0 radical (unpaired) electrons. The van der Waals surface area contributed by atoms with E-state index in [1.54, 1.807) is 11.3 Å². The molecule has 0 fully saturated rings. The summed E-state index contributed by atoms with van der Waals surface area (Å²) in [7, 11) is 0. The average molecular weight is 316 g/mol. The summed E-state index contributed by atoms with van der Waals surface area (Å²) in [5.41, 5.74) is 1.63. The first-order chi connectivity index (χ1) is 10.6. The van der Waals surface area contributed by atoms with Crippen LogP contribution in [0.5, 0.6) is 0 Å². The average Bonchev–Trinajstić information content (AvgIpc) is 3.04. The normalized spacial score (nSPS) is 20.2. The highest BCUT2D eigenvalue weighted by Gasteiger charge is 2.32. The van der Waals surface area contributed by atoms with Crippen molar-refractivity contribution in [3.63, 3.8) is 0 Å². The number of hydrogen-bond donors (Lipinski definition) is 3. The van der Waals surface area contributed by atoms with Crippen molar-refractivity contribution in [2.45, 2.75) is 31.4 Å². The molecule has 0 spiro atoms. The first kappa shape index (κ1) is 15.1. The zero-order valence-electron chi connectivity index (χ0n) is 12.3. The molecule has 1 aromatic heterocycles. The van der Waals surface area contributed by atoms with Crippen molar-refractivity contribution in [3.8, 4) is 0 Å². The minimum atomic E-state index is -0.853. The van der Waals surface area contributed by atoms with E-state index in [1.165, 1.54) is 11.1 Å². The van der Waals surface area contributed by atoms with Gasteiger partial charge in [0.25, 0.3) is 0 Å². The van der Waals surface area contributed by atoms with E-state index in [1.807, 2.05) is 29.6 Å². The second-order valence-electron chi connectivity index (χ2n) is 5.79. The number of benzene rings is 1. The maximum absolute atomic E-state index is 11.8. The van der Waals surface area contributed by atoms with Gasteiger partial charge in [-0.05, 0) is 35.4 Å². The first-order valence-electron chi connectivity index (χ1n) is 7.48. The third-order valence-electron chi connectivity index (χ3n) is 4.08. The van der Waals surface area contributed by atoms with Crippen LogP contribution in [0.2, 0.25) is 0 Å². The Morgan fingerprint density at radius 2 is 2.00 bits per heavy atom. The summed E-state index contributed by atoms with van der Waals surface area (Å²) in [5, 5.41) is 18.3. The number of aryl methyl sites for hydroxylation is 1. The van der Waals surface area contributed by atoms with Gasteiger partial charge in [-0.1, -0.05) is 30.3 Å². The summed E-state index contributed by atoms with van der Waals surface area (Å²) in [4.78, 5) is 13.0. The van der Waals surface area contributed by atoms with Gasteiger partial charge >= 0.3 is 6.03 Å². The second-order valence-corrected chi connectivity index (χ2v) is 6.82. The van der Waals surface area contributed by atoms with Gasteiger partial charge in [-0.15, -0.1) is 11.3 Å². The number of rotatable bonds is 4. The van der Waals surface area contributed by atoms with Crippen molar-refractivity contribution in [3.05, 3.63) is 57.8 Å². The molecule has 116 valence electrons. The van der Waals surface area contributed by atoms with Crippen LogP contribution in [0.3, 0.4) is 0 Å². The summed E-state index contributed by atoms with van der Waals surface area (Å²) in [6.07, 6.45) is 2.12. The van der Waals surface area contributed by atoms with Gasteiger partial charge in [-0.2, -0.15) is 0 Å². The monoisotopic (exact) mass is 316 g/mol. The Morgan fingerprint density at radius 3 is 2.77 bits per heavy atom. The zero-order chi connectivity index (χ0) is 15.4. The van der Waals surface area contributed by atoms with Gasteiger partial charge in [0.1, 0.15) is 0 Å². The number of urea groups is 1. The molecule has 1 aliphatic rings. The van der Waals surface area contributed by atoms with Gasteiger partial charge < -0.3 is 15.7 Å². The molecule has 1 aromatic carbocycles. The Bertz CT molecular complexity index is 642. The number of aliphatic hydroxyl groups is 1. The van der Waals surface area contributed by atoms with Crippen LogP contribution in [0.4, 0.5) is 4.79 Å². The van der Waals surface area contributed by atoms with Crippen LogP contribution in [0, 0.1) is 0 Å². The lowest BCUT2D eigenvalue weighted by Gasteiger charge is -2.33. The standard InChI is InChI=1S/C17H20N2O2S/c20-16(18-11-15-6-3-9-22-15)19-12-17(21)8-7-13-4-1-2-5-14(13)10-17/h1-6,9,21H,7-8,10-12H2,(H2,18,19,20)/t17-/m1/s1. The Balaban J connectivity index is 1.49. The number of hydrogen-bond acceptors (Lipinski definition) is 3. The van der Waals surface area contributed by atoms with E-state index in [2.05, 4.69) is 22.8 Å². The Kier molecular flexibility index (Phi) is 4.45. The SMILES string of the molecule is O=C(NCc1cccs1)NC[C@@]1(O)CCc2ccccc2C1. The highest BCUT2D eigenvalue weighted by Crippen LogP contribution is 2.28. The van der Waals surface area contributed by atoms with E-state index in [-0.39, 0.29) is 12.6 Å². The van der Waals surface area contributed by atoms with Crippen molar-refractivity contribution < 1.29 is 9.90 Å². The van der Waals surface area contributed by atoms with Gasteiger partial charge in [0.05, 0.1) is 12.1 Å². The largest absolute Gasteiger partial charge is 0.388 e. The molecule has 1 atom stereocenters. The van der Waals surface area contributed by atoms with E-state index in [0.717, 1.165) is 11.3 Å². The minimum absolute atomic E-state index is 0.235. The molecule has 2 amide bonds. The lowest BCUT2D eigenvalue weighted by molar-refractivity contribution is 0.0291. The molecule has 1 aliphatic carbocycles. The Labute approximate surface area is 134 Å². The van der Waals surface area contributed by atoms with E-state index in [0.29, 0.717) is 19.4 Å². The third-order valence-corrected chi connectivity index (χ3v) is 4.96. The van der Waals surface area contributed by atoms with Crippen LogP contribution in [0.25, 0.3) is 0 Å². The second kappa shape index (κ2) is 6.50. The van der Waals surface area contributed by atoms with Crippen molar-refractivity contribution in [2.75, 3.05) is 6.54 Å². The molecule has 0 saturated carbocycles. The molecule has 4 nitrogen and oxygen atoms in total. The van der Waals surface area contributed by atoms with Crippen LogP contribution in [-0.2, 0) is 19.4 Å². The van der Waals surface area contributed by atoms with Crippen LogP contribution in [0.1, 0.15) is 22.4 Å². The van der Waals surface area contributed by atoms with Crippen molar-refractivity contribution in [2.24, 2.45) is 0 Å². The predicted octanol–water partition coefficient (Wildman–Crippen LogP) is 2.47. The van der Waals surface area contributed by atoms with E-state index in [4.69, 9.17) is 0 Å². The fourth-order valence-corrected chi connectivity index (χ4v) is 3.47. The lowest BCUT2D eigenvalue weighted by Crippen LogP contribution is -2.49. The van der Waals surface area contributed by atoms with Crippen LogP contribution < -0.4 is 10.6 Å². The number of carbonyl (C=O) groups excluding carboxylic acids is 1. The molecular formula is C17H20N2O2S. The van der Waals surface area contributed by atoms with Gasteiger partial charge in [0.2, 0.25) is 0 Å². The third kappa shape index (κ3) is 3.67. The zero-order valence-corrected chi connectivity index (χ0v) is 13.2. The van der Waals surface area contributed by atoms with Crippen LogP contribution >= 0.6 is 11.3 Å². The van der Waals surface area contributed by atoms with E-state index in [9.17, 15) is 9.90 Å². The predicted molar refractivity (Wildman–Crippen MR) is 88.0 cm³/mol. The number of amides is 2. The van der Waals surface area contributed by atoms with E-state index < -0.39 is 5.60 Å². The van der Waals surface area contributed by atoms with Gasteiger partial charge in [-0.3, -0.25) is 0 Å². The summed E-state index contributed by atoms with van der Waals surface area (Å²) < 4.78 is 0. The maximum Gasteiger partial charge on any atom is 0.315 e. The van der Waals surface area contributed by atoms with E-state index >= 15 is 0 Å². The smallest absolute Gasteiger partial charge is 0.315 e. The molecule has 3 rings (SSSR count). The Hall–Kier alpha value is -1.85. The Morgan fingerprint density at radius 1 is 1.18 bits per heavy atom. The quantitative estimate of drug-likeness (QED) is 0.811. The summed E-state index contributed by atoms with van der Waals surface area (Å²) in [5.74, 6) is 0. The molecule has 2 aromatic rings. The molecule has 1 heterocycles. The molecule has 5 heteroatoms. The molecule has 3 N–H and O–H groups in total. The molecule has 0 saturated heterocycles. The fourth-order valence-electron chi connectivity index (χ4n) is 2.82. The van der Waals surface area contributed by atoms with Crippen molar-refractivity contribution >= 4 is 17.4 Å². The van der Waals surface area contributed by atoms with Crippen molar-refractivity contribution in [1.29, 1.82) is 0 Å². The summed E-state index contributed by atoms with van der Waals surface area (Å²) >= 11 is 1.61. The van der Waals surface area contributed by atoms with Gasteiger partial charge in [0.15, 0.2) is 0 Å². The number of carbonyl (C=O) groups is 1. The topological polar surface area (TPSA) is 61.4 Å². The van der Waals surface area contributed by atoms with Gasteiger partial charge in [0, 0.05) is 17.8 Å². The molecule has 22 heavy (non-hydrogen) atoms.